The molecule has 0 saturated heterocycles. The van der Waals surface area contributed by atoms with Gasteiger partial charge in [-0.05, 0) is 18.2 Å². The molecule has 0 fully saturated rings. The van der Waals surface area contributed by atoms with E-state index in [0.717, 1.165) is 18.2 Å². The molecule has 1 aromatic heterocycles. The summed E-state index contributed by atoms with van der Waals surface area (Å²) in [6, 6.07) is 4.75. The highest BCUT2D eigenvalue weighted by atomic mass is 19.1. The average Bonchev–Trinajstić information content (AvgIpc) is 2.82. The van der Waals surface area contributed by atoms with Crippen molar-refractivity contribution in [2.45, 2.75) is 6.54 Å². The minimum Gasteiger partial charge on any atom is -0.507 e. The van der Waals surface area contributed by atoms with E-state index >= 15 is 0 Å². The van der Waals surface area contributed by atoms with Crippen molar-refractivity contribution < 1.29 is 18.8 Å². The average molecular weight is 236 g/mol. The summed E-state index contributed by atoms with van der Waals surface area (Å²) in [5.41, 5.74) is 0.419. The second-order valence-electron chi connectivity index (χ2n) is 3.33. The van der Waals surface area contributed by atoms with Crippen LogP contribution in [0.25, 0.3) is 0 Å². The number of halogens is 1. The van der Waals surface area contributed by atoms with Gasteiger partial charge in [-0.25, -0.2) is 4.39 Å². The monoisotopic (exact) mass is 236 g/mol. The van der Waals surface area contributed by atoms with Crippen LogP contribution in [0.2, 0.25) is 0 Å². The maximum absolute atomic E-state index is 12.9. The molecule has 17 heavy (non-hydrogen) atoms. The number of nitrogens with zero attached hydrogens (tertiary/aromatic N) is 1. The molecule has 2 rings (SSSR count). The van der Waals surface area contributed by atoms with Crippen molar-refractivity contribution in [1.82, 2.24) is 10.5 Å². The Kier molecular flexibility index (Phi) is 3.04. The van der Waals surface area contributed by atoms with Gasteiger partial charge in [-0.1, -0.05) is 5.16 Å². The molecular weight excluding hydrogens is 227 g/mol. The third-order valence-corrected chi connectivity index (χ3v) is 2.12. The van der Waals surface area contributed by atoms with Crippen LogP contribution in [0.4, 0.5) is 4.39 Å². The number of benzene rings is 1. The number of rotatable bonds is 3. The lowest BCUT2D eigenvalue weighted by Gasteiger charge is -2.05. The minimum atomic E-state index is -0.589. The van der Waals surface area contributed by atoms with Crippen LogP contribution in [0.5, 0.6) is 5.75 Å². The predicted molar refractivity (Wildman–Crippen MR) is 55.7 cm³/mol. The summed E-state index contributed by atoms with van der Waals surface area (Å²) >= 11 is 0. The van der Waals surface area contributed by atoms with Gasteiger partial charge < -0.3 is 14.9 Å². The van der Waals surface area contributed by atoms with E-state index < -0.39 is 11.7 Å². The number of carbonyl (C=O) groups excluding carboxylic acids is 1. The molecule has 6 heteroatoms. The Morgan fingerprint density at radius 3 is 3.00 bits per heavy atom. The highest BCUT2D eigenvalue weighted by Crippen LogP contribution is 2.17. The molecular formula is C11H9FN2O3. The van der Waals surface area contributed by atoms with Crippen LogP contribution in [0.15, 0.2) is 35.1 Å². The molecule has 0 aliphatic heterocycles. The Labute approximate surface area is 95.9 Å². The summed E-state index contributed by atoms with van der Waals surface area (Å²) in [4.78, 5) is 11.6. The minimum absolute atomic E-state index is 0.117. The van der Waals surface area contributed by atoms with Crippen molar-refractivity contribution in [3.8, 4) is 5.75 Å². The molecule has 0 unspecified atom stereocenters. The highest BCUT2D eigenvalue weighted by Gasteiger charge is 2.12. The summed E-state index contributed by atoms with van der Waals surface area (Å²) < 4.78 is 17.5. The molecule has 1 aromatic carbocycles. The largest absolute Gasteiger partial charge is 0.507 e. The van der Waals surface area contributed by atoms with Gasteiger partial charge in [0.25, 0.3) is 5.91 Å². The Morgan fingerprint density at radius 2 is 2.29 bits per heavy atom. The second-order valence-corrected chi connectivity index (χ2v) is 3.33. The quantitative estimate of drug-likeness (QED) is 0.845. The lowest BCUT2D eigenvalue weighted by atomic mass is 10.2. The Hall–Kier alpha value is -2.37. The molecule has 1 amide bonds. The molecule has 5 nitrogen and oxygen atoms in total. The molecule has 0 atom stereocenters. The SMILES string of the molecule is O=C(NCc1ccon1)c1cc(F)ccc1O. The fourth-order valence-corrected chi connectivity index (χ4v) is 1.28. The van der Waals surface area contributed by atoms with Crippen molar-refractivity contribution in [3.05, 3.63) is 47.6 Å². The summed E-state index contributed by atoms with van der Waals surface area (Å²) in [5.74, 6) is -1.44. The lowest BCUT2D eigenvalue weighted by Crippen LogP contribution is -2.23. The first-order chi connectivity index (χ1) is 8.16. The van der Waals surface area contributed by atoms with Crippen molar-refractivity contribution in [2.75, 3.05) is 0 Å². The first kappa shape index (κ1) is 11.1. The van der Waals surface area contributed by atoms with Crippen molar-refractivity contribution in [1.29, 1.82) is 0 Å². The third kappa shape index (κ3) is 2.60. The summed E-state index contributed by atoms with van der Waals surface area (Å²) in [6.45, 7) is 0.144. The first-order valence-electron chi connectivity index (χ1n) is 4.83. The zero-order chi connectivity index (χ0) is 12.3. The number of hydrogen-bond acceptors (Lipinski definition) is 4. The van der Waals surface area contributed by atoms with E-state index in [2.05, 4.69) is 15.0 Å². The molecule has 2 aromatic rings. The second kappa shape index (κ2) is 4.65. The van der Waals surface area contributed by atoms with Gasteiger partial charge in [0, 0.05) is 6.07 Å². The molecule has 1 heterocycles. The lowest BCUT2D eigenvalue weighted by molar-refractivity contribution is 0.0947. The number of hydrogen-bond donors (Lipinski definition) is 2. The van der Waals surface area contributed by atoms with Gasteiger partial charge in [-0.3, -0.25) is 4.79 Å². The van der Waals surface area contributed by atoms with E-state index in [1.54, 1.807) is 6.07 Å². The summed E-state index contributed by atoms with van der Waals surface area (Å²) in [5, 5.41) is 15.5. The topological polar surface area (TPSA) is 75.4 Å². The van der Waals surface area contributed by atoms with Gasteiger partial charge in [0.1, 0.15) is 23.5 Å². The van der Waals surface area contributed by atoms with Crippen molar-refractivity contribution in [2.24, 2.45) is 0 Å². The van der Waals surface area contributed by atoms with Crippen LogP contribution in [0.3, 0.4) is 0 Å². The van der Waals surface area contributed by atoms with Gasteiger partial charge in [0.05, 0.1) is 12.1 Å². The van der Waals surface area contributed by atoms with E-state index in [1.807, 2.05) is 0 Å². The molecule has 0 aliphatic rings. The number of aromatic nitrogens is 1. The van der Waals surface area contributed by atoms with Gasteiger partial charge >= 0.3 is 0 Å². The smallest absolute Gasteiger partial charge is 0.255 e. The first-order valence-corrected chi connectivity index (χ1v) is 4.83. The van der Waals surface area contributed by atoms with E-state index in [9.17, 15) is 14.3 Å². The number of aromatic hydroxyl groups is 1. The summed E-state index contributed by atoms with van der Waals surface area (Å²) in [7, 11) is 0. The molecule has 0 spiro atoms. The fraction of sp³-hybridized carbons (Fsp3) is 0.0909. The molecule has 0 aliphatic carbocycles. The third-order valence-electron chi connectivity index (χ3n) is 2.12. The van der Waals surface area contributed by atoms with Gasteiger partial charge in [0.2, 0.25) is 0 Å². The normalized spacial score (nSPS) is 10.2. The Bertz CT molecular complexity index is 526. The molecule has 0 bridgehead atoms. The van der Waals surface area contributed by atoms with Gasteiger partial charge in [-0.15, -0.1) is 0 Å². The molecule has 88 valence electrons. The number of nitrogens with one attached hydrogen (secondary N) is 1. The predicted octanol–water partition coefficient (Wildman–Crippen LogP) is 1.45. The molecule has 0 radical (unpaired) electrons. The Balaban J connectivity index is 2.07. The van der Waals surface area contributed by atoms with Crippen LogP contribution in [-0.2, 0) is 6.54 Å². The number of carbonyl (C=O) groups is 1. The number of phenols is 1. The van der Waals surface area contributed by atoms with Gasteiger partial charge in [-0.2, -0.15) is 0 Å². The van der Waals surface area contributed by atoms with E-state index in [0.29, 0.717) is 5.69 Å². The van der Waals surface area contributed by atoms with Crippen LogP contribution in [0, 0.1) is 5.82 Å². The zero-order valence-corrected chi connectivity index (χ0v) is 8.68. The van der Waals surface area contributed by atoms with Crippen LogP contribution in [-0.4, -0.2) is 16.2 Å². The van der Waals surface area contributed by atoms with Gasteiger partial charge in [0.15, 0.2) is 0 Å². The van der Waals surface area contributed by atoms with E-state index in [1.165, 1.54) is 6.26 Å². The standard InChI is InChI=1S/C11H9FN2O3/c12-7-1-2-10(15)9(5-7)11(16)13-6-8-3-4-17-14-8/h1-5,15H,6H2,(H,13,16). The van der Waals surface area contributed by atoms with Crippen molar-refractivity contribution in [3.63, 3.8) is 0 Å². The fourth-order valence-electron chi connectivity index (χ4n) is 1.28. The van der Waals surface area contributed by atoms with Crippen molar-refractivity contribution >= 4 is 5.91 Å². The summed E-state index contributed by atoms with van der Waals surface area (Å²) in [6.07, 6.45) is 1.38. The highest BCUT2D eigenvalue weighted by molar-refractivity contribution is 5.96. The van der Waals surface area contributed by atoms with Crippen LogP contribution in [0.1, 0.15) is 16.1 Å². The maximum Gasteiger partial charge on any atom is 0.255 e. The molecule has 2 N–H and O–H groups in total. The van der Waals surface area contributed by atoms with E-state index in [-0.39, 0.29) is 17.9 Å². The van der Waals surface area contributed by atoms with Crippen LogP contribution >= 0.6 is 0 Å². The number of amides is 1. The van der Waals surface area contributed by atoms with E-state index in [4.69, 9.17) is 0 Å². The van der Waals surface area contributed by atoms with Crippen LogP contribution < -0.4 is 5.32 Å². The number of phenolic OH excluding ortho intramolecular Hbond substituents is 1. The zero-order valence-electron chi connectivity index (χ0n) is 8.68. The Morgan fingerprint density at radius 1 is 1.47 bits per heavy atom. The maximum atomic E-state index is 12.9. The molecule has 0 saturated carbocycles.